The molecular weight excluding hydrogens is 115 g/mol. The molecule has 0 saturated carbocycles. The Hall–Kier alpha value is -0.500. The fourth-order valence-electron chi connectivity index (χ4n) is 0.0941. The number of rotatable bonds is 3. The molecular formula is C4H4ClO2. The van der Waals surface area contributed by atoms with E-state index >= 15 is 0 Å². The minimum absolute atomic E-state index is 0.738. The SMILES string of the molecule is C=CC(Cl)O[C]=O. The number of halogens is 1. The summed E-state index contributed by atoms with van der Waals surface area (Å²) >= 11 is 5.16. The van der Waals surface area contributed by atoms with E-state index < -0.39 is 5.56 Å². The van der Waals surface area contributed by atoms with E-state index in [2.05, 4.69) is 11.3 Å². The maximum absolute atomic E-state index is 9.29. The summed E-state index contributed by atoms with van der Waals surface area (Å²) in [6.07, 6.45) is 1.28. The Morgan fingerprint density at radius 3 is 2.71 bits per heavy atom. The van der Waals surface area contributed by atoms with Gasteiger partial charge in [-0.3, -0.25) is 0 Å². The summed E-state index contributed by atoms with van der Waals surface area (Å²) in [5, 5.41) is 0. The predicted octanol–water partition coefficient (Wildman–Crippen LogP) is 0.821. The largest absolute Gasteiger partial charge is 0.434 e. The number of alkyl halides is 1. The van der Waals surface area contributed by atoms with Crippen molar-refractivity contribution in [3.8, 4) is 0 Å². The van der Waals surface area contributed by atoms with Crippen molar-refractivity contribution in [2.75, 3.05) is 0 Å². The molecule has 0 bridgehead atoms. The molecule has 0 aliphatic heterocycles. The molecule has 0 fully saturated rings. The van der Waals surface area contributed by atoms with Gasteiger partial charge in [-0.15, -0.1) is 0 Å². The molecule has 3 heteroatoms. The van der Waals surface area contributed by atoms with Crippen LogP contribution < -0.4 is 0 Å². The van der Waals surface area contributed by atoms with Gasteiger partial charge in [0.15, 0.2) is 5.56 Å². The monoisotopic (exact) mass is 119 g/mol. The Morgan fingerprint density at radius 2 is 2.57 bits per heavy atom. The molecule has 1 atom stereocenters. The smallest absolute Gasteiger partial charge is 0.419 e. The molecule has 0 aromatic carbocycles. The number of hydrogen-bond acceptors (Lipinski definition) is 2. The van der Waals surface area contributed by atoms with Crippen LogP contribution in [0.5, 0.6) is 0 Å². The number of carbonyl (C=O) groups excluding carboxylic acids is 1. The zero-order chi connectivity index (χ0) is 5.70. The van der Waals surface area contributed by atoms with Crippen molar-refractivity contribution >= 4 is 18.1 Å². The van der Waals surface area contributed by atoms with E-state index in [0.717, 1.165) is 0 Å². The van der Waals surface area contributed by atoms with Crippen LogP contribution in [0, 0.1) is 0 Å². The molecule has 0 rings (SSSR count). The van der Waals surface area contributed by atoms with Crippen LogP contribution in [0.25, 0.3) is 0 Å². The highest BCUT2D eigenvalue weighted by molar-refractivity contribution is 6.21. The van der Waals surface area contributed by atoms with Crippen LogP contribution in [0.4, 0.5) is 0 Å². The van der Waals surface area contributed by atoms with Crippen LogP contribution in [-0.2, 0) is 9.53 Å². The van der Waals surface area contributed by atoms with Crippen LogP contribution in [0.15, 0.2) is 12.7 Å². The highest BCUT2D eigenvalue weighted by Crippen LogP contribution is 1.94. The van der Waals surface area contributed by atoms with E-state index in [1.807, 2.05) is 0 Å². The normalized spacial score (nSPS) is 12.1. The second-order valence-corrected chi connectivity index (χ2v) is 1.22. The van der Waals surface area contributed by atoms with Gasteiger partial charge >= 0.3 is 6.47 Å². The Morgan fingerprint density at radius 1 is 2.00 bits per heavy atom. The van der Waals surface area contributed by atoms with Gasteiger partial charge in [0.25, 0.3) is 0 Å². The summed E-state index contributed by atoms with van der Waals surface area (Å²) in [5.41, 5.74) is -0.738. The summed E-state index contributed by atoms with van der Waals surface area (Å²) in [6.45, 7) is 4.41. The molecule has 0 amide bonds. The molecule has 2 nitrogen and oxygen atoms in total. The van der Waals surface area contributed by atoms with E-state index in [1.54, 1.807) is 0 Å². The summed E-state index contributed by atoms with van der Waals surface area (Å²) in [4.78, 5) is 9.29. The zero-order valence-corrected chi connectivity index (χ0v) is 4.31. The molecule has 0 heterocycles. The first-order valence-electron chi connectivity index (χ1n) is 1.60. The van der Waals surface area contributed by atoms with Gasteiger partial charge < -0.3 is 4.74 Å². The summed E-state index contributed by atoms with van der Waals surface area (Å²) in [5.74, 6) is 0. The number of ether oxygens (including phenoxy) is 1. The van der Waals surface area contributed by atoms with Gasteiger partial charge in [-0.25, -0.2) is 4.79 Å². The van der Waals surface area contributed by atoms with Crippen LogP contribution in [0.3, 0.4) is 0 Å². The average molecular weight is 120 g/mol. The Balaban J connectivity index is 3.15. The highest BCUT2D eigenvalue weighted by atomic mass is 35.5. The topological polar surface area (TPSA) is 26.3 Å². The lowest BCUT2D eigenvalue weighted by molar-refractivity contribution is 0.284. The molecule has 39 valence electrons. The first-order valence-corrected chi connectivity index (χ1v) is 2.04. The maximum atomic E-state index is 9.29. The van der Waals surface area contributed by atoms with Gasteiger partial charge in [-0.2, -0.15) is 0 Å². The molecule has 0 N–H and O–H groups in total. The van der Waals surface area contributed by atoms with E-state index in [-0.39, 0.29) is 0 Å². The predicted molar refractivity (Wildman–Crippen MR) is 26.6 cm³/mol. The van der Waals surface area contributed by atoms with Crippen molar-refractivity contribution in [1.29, 1.82) is 0 Å². The Bertz CT molecular complexity index is 72.1. The lowest BCUT2D eigenvalue weighted by atomic mass is 10.7. The van der Waals surface area contributed by atoms with Gasteiger partial charge in [0.05, 0.1) is 0 Å². The average Bonchev–Trinajstić information content (AvgIpc) is 1.68. The minimum atomic E-state index is -0.738. The Kier molecular flexibility index (Phi) is 3.42. The summed E-state index contributed by atoms with van der Waals surface area (Å²) in [7, 11) is 0. The minimum Gasteiger partial charge on any atom is -0.434 e. The van der Waals surface area contributed by atoms with Crippen molar-refractivity contribution in [3.63, 3.8) is 0 Å². The maximum Gasteiger partial charge on any atom is 0.419 e. The fourth-order valence-corrected chi connectivity index (χ4v) is 0.130. The quantitative estimate of drug-likeness (QED) is 0.406. The molecule has 1 unspecified atom stereocenters. The van der Waals surface area contributed by atoms with Crippen LogP contribution in [0.1, 0.15) is 0 Å². The first-order chi connectivity index (χ1) is 3.31. The zero-order valence-electron chi connectivity index (χ0n) is 3.56. The fraction of sp³-hybridized carbons (Fsp3) is 0.250. The summed E-state index contributed by atoms with van der Waals surface area (Å²) in [6, 6.07) is 0. The van der Waals surface area contributed by atoms with Crippen LogP contribution in [0.2, 0.25) is 0 Å². The second kappa shape index (κ2) is 3.68. The standard InChI is InChI=1S/C4H4ClO2/c1-2-4(5)7-3-6/h2,4H,1H2. The molecule has 0 aliphatic rings. The molecule has 0 spiro atoms. The van der Waals surface area contributed by atoms with Crippen molar-refractivity contribution in [3.05, 3.63) is 12.7 Å². The van der Waals surface area contributed by atoms with Crippen molar-refractivity contribution in [1.82, 2.24) is 0 Å². The molecule has 7 heavy (non-hydrogen) atoms. The van der Waals surface area contributed by atoms with E-state index in [1.165, 1.54) is 12.5 Å². The first kappa shape index (κ1) is 6.50. The third-order valence-corrected chi connectivity index (χ3v) is 0.613. The van der Waals surface area contributed by atoms with Crippen molar-refractivity contribution < 1.29 is 9.53 Å². The molecule has 0 saturated heterocycles. The lowest BCUT2D eigenvalue weighted by Crippen LogP contribution is -1.96. The van der Waals surface area contributed by atoms with Gasteiger partial charge in [-0.1, -0.05) is 18.2 Å². The van der Waals surface area contributed by atoms with Crippen LogP contribution >= 0.6 is 11.6 Å². The van der Waals surface area contributed by atoms with Gasteiger partial charge in [0.1, 0.15) is 0 Å². The van der Waals surface area contributed by atoms with Gasteiger partial charge in [0.2, 0.25) is 0 Å². The van der Waals surface area contributed by atoms with Crippen molar-refractivity contribution in [2.24, 2.45) is 0 Å². The second-order valence-electron chi connectivity index (χ2n) is 0.788. The van der Waals surface area contributed by atoms with E-state index in [4.69, 9.17) is 11.6 Å². The number of hydrogen-bond donors (Lipinski definition) is 0. The van der Waals surface area contributed by atoms with E-state index in [0.29, 0.717) is 0 Å². The van der Waals surface area contributed by atoms with E-state index in [9.17, 15) is 4.79 Å². The third kappa shape index (κ3) is 3.33. The molecule has 0 aliphatic carbocycles. The Labute approximate surface area is 46.7 Å². The van der Waals surface area contributed by atoms with Crippen LogP contribution in [-0.4, -0.2) is 12.0 Å². The van der Waals surface area contributed by atoms with Crippen molar-refractivity contribution in [2.45, 2.75) is 5.56 Å². The van der Waals surface area contributed by atoms with Gasteiger partial charge in [0, 0.05) is 0 Å². The molecule has 0 aromatic heterocycles. The molecule has 1 radical (unpaired) electrons. The summed E-state index contributed by atoms with van der Waals surface area (Å²) < 4.78 is 4.03. The highest BCUT2D eigenvalue weighted by Gasteiger charge is 1.92. The van der Waals surface area contributed by atoms with Gasteiger partial charge in [-0.05, 0) is 6.08 Å². The third-order valence-electron chi connectivity index (χ3n) is 0.346. The lowest BCUT2D eigenvalue weighted by Gasteiger charge is -1.94. The molecule has 0 aromatic rings.